The van der Waals surface area contributed by atoms with E-state index in [4.69, 9.17) is 28.4 Å². The van der Waals surface area contributed by atoms with Crippen LogP contribution in [0.4, 0.5) is 0 Å². The highest BCUT2D eigenvalue weighted by atomic mass is 16.6. The Balaban J connectivity index is 1.52. The van der Waals surface area contributed by atoms with Crippen LogP contribution in [0.3, 0.4) is 0 Å². The molecule has 0 N–H and O–H groups in total. The molecule has 7 atom stereocenters. The van der Waals surface area contributed by atoms with Gasteiger partial charge in [-0.25, -0.2) is 14.4 Å². The van der Waals surface area contributed by atoms with Gasteiger partial charge >= 0.3 is 17.9 Å². The van der Waals surface area contributed by atoms with Gasteiger partial charge in [-0.2, -0.15) is 0 Å². The summed E-state index contributed by atoms with van der Waals surface area (Å²) < 4.78 is 38.3. The van der Waals surface area contributed by atoms with Gasteiger partial charge in [-0.1, -0.05) is 78.5 Å². The summed E-state index contributed by atoms with van der Waals surface area (Å²) in [6, 6.07) is 0. The Morgan fingerprint density at radius 1 is 0.709 bits per heavy atom. The van der Waals surface area contributed by atoms with Gasteiger partial charge in [-0.15, -0.1) is 0 Å². The van der Waals surface area contributed by atoms with Gasteiger partial charge in [0.1, 0.15) is 16.8 Å². The molecule has 0 aromatic heterocycles. The number of ether oxygens (including phenoxy) is 6. The first-order chi connectivity index (χ1) is 26.1. The molecule has 0 amide bonds. The fourth-order valence-corrected chi connectivity index (χ4v) is 10.5. The lowest BCUT2D eigenvalue weighted by Crippen LogP contribution is -2.59. The summed E-state index contributed by atoms with van der Waals surface area (Å²) >= 11 is 0. The lowest BCUT2D eigenvalue weighted by atomic mass is 9.63. The van der Waals surface area contributed by atoms with Crippen LogP contribution in [0, 0.1) is 17.3 Å². The van der Waals surface area contributed by atoms with Crippen molar-refractivity contribution in [1.82, 2.24) is 0 Å². The molecule has 4 rings (SSSR count). The van der Waals surface area contributed by atoms with Crippen molar-refractivity contribution in [3.63, 3.8) is 0 Å². The monoisotopic (exact) mass is 771 g/mol. The van der Waals surface area contributed by atoms with E-state index in [1.54, 1.807) is 28.1 Å². The van der Waals surface area contributed by atoms with Gasteiger partial charge in [-0.05, 0) is 110 Å². The molecular weight excluding hydrogens is 696 g/mol. The summed E-state index contributed by atoms with van der Waals surface area (Å²) in [7, 11) is 3.39. The number of methoxy groups -OCH3 is 2. The summed E-state index contributed by atoms with van der Waals surface area (Å²) in [4.78, 5) is 40.0. The van der Waals surface area contributed by atoms with Gasteiger partial charge in [0.2, 0.25) is 0 Å². The van der Waals surface area contributed by atoms with Crippen molar-refractivity contribution < 1.29 is 42.8 Å². The van der Waals surface area contributed by atoms with Gasteiger partial charge in [0, 0.05) is 48.9 Å². The zero-order chi connectivity index (χ0) is 40.4. The van der Waals surface area contributed by atoms with Crippen LogP contribution in [0.25, 0.3) is 0 Å². The molecule has 0 aromatic carbocycles. The maximum absolute atomic E-state index is 14.2. The average Bonchev–Trinajstić information content (AvgIpc) is 3.16. The van der Waals surface area contributed by atoms with Gasteiger partial charge in [-0.3, -0.25) is 0 Å². The third kappa shape index (κ3) is 10.3. The molecule has 4 aliphatic rings. The quantitative estimate of drug-likeness (QED) is 0.0812. The molecule has 4 saturated carbocycles. The van der Waals surface area contributed by atoms with Crippen LogP contribution in [0.2, 0.25) is 0 Å². The lowest BCUT2D eigenvalue weighted by molar-refractivity contribution is -0.220. The van der Waals surface area contributed by atoms with Crippen molar-refractivity contribution in [2.75, 3.05) is 20.8 Å². The molecule has 312 valence electrons. The molecule has 9 nitrogen and oxygen atoms in total. The Labute approximate surface area is 332 Å². The molecule has 4 aliphatic carbocycles. The summed E-state index contributed by atoms with van der Waals surface area (Å²) in [6.45, 7) is 19.8. The predicted molar refractivity (Wildman–Crippen MR) is 215 cm³/mol. The topological polar surface area (TPSA) is 107 Å². The molecule has 4 fully saturated rings. The summed E-state index contributed by atoms with van der Waals surface area (Å²) in [6.07, 6.45) is 18.3. The minimum atomic E-state index is -0.857. The summed E-state index contributed by atoms with van der Waals surface area (Å²) in [5, 5.41) is 0. The number of rotatable bonds is 17. The van der Waals surface area contributed by atoms with E-state index in [9.17, 15) is 14.4 Å². The predicted octanol–water partition coefficient (Wildman–Crippen LogP) is 10.1. The van der Waals surface area contributed by atoms with Crippen LogP contribution in [0.15, 0.2) is 36.0 Å². The Hall–Kier alpha value is -2.49. The highest BCUT2D eigenvalue weighted by Crippen LogP contribution is 2.50. The molecule has 7 unspecified atom stereocenters. The molecular formula is C46H74O9. The smallest absolute Gasteiger partial charge is 0.334 e. The Morgan fingerprint density at radius 2 is 1.31 bits per heavy atom. The van der Waals surface area contributed by atoms with Crippen molar-refractivity contribution in [3.8, 4) is 0 Å². The second kappa shape index (κ2) is 19.8. The lowest BCUT2D eigenvalue weighted by Gasteiger charge is -2.52. The average molecular weight is 771 g/mol. The van der Waals surface area contributed by atoms with Crippen molar-refractivity contribution >= 4 is 17.9 Å². The zero-order valence-electron chi connectivity index (χ0n) is 35.7. The fourth-order valence-electron chi connectivity index (χ4n) is 10.5. The molecule has 9 heteroatoms. The number of esters is 3. The highest BCUT2D eigenvalue weighted by Gasteiger charge is 2.56. The molecule has 0 aromatic rings. The van der Waals surface area contributed by atoms with E-state index in [0.717, 1.165) is 83.5 Å². The summed E-state index contributed by atoms with van der Waals surface area (Å²) in [5.41, 5.74) is -1.35. The van der Waals surface area contributed by atoms with Crippen molar-refractivity contribution in [2.45, 2.75) is 199 Å². The third-order valence-corrected chi connectivity index (χ3v) is 13.7. The molecule has 0 spiro atoms. The van der Waals surface area contributed by atoms with Crippen LogP contribution >= 0.6 is 0 Å². The van der Waals surface area contributed by atoms with E-state index in [1.165, 1.54) is 6.42 Å². The van der Waals surface area contributed by atoms with Crippen LogP contribution < -0.4 is 0 Å². The standard InChI is InChI=1S/C46H74O9/c1-11-24-44(53-40(47)32(2)3)27-23-35(31-39(44)51-10)30-34(6)42(49)55-46(26-18-16-22-38(46)50-9)43(7,8)28-29-52-37-21-15-17-25-45(37,54-41(48)33(4)5)36-19-13-12-14-20-36/h30,35-39H,2,4,11-29,31H2,1,3,5-10H3/b34-30+. The van der Waals surface area contributed by atoms with Gasteiger partial charge < -0.3 is 28.4 Å². The van der Waals surface area contributed by atoms with E-state index in [2.05, 4.69) is 33.9 Å². The van der Waals surface area contributed by atoms with Crippen molar-refractivity contribution in [1.29, 1.82) is 0 Å². The third-order valence-electron chi connectivity index (χ3n) is 13.7. The van der Waals surface area contributed by atoms with E-state index in [0.29, 0.717) is 55.4 Å². The number of hydrogen-bond acceptors (Lipinski definition) is 9. The van der Waals surface area contributed by atoms with Gasteiger partial charge in [0.15, 0.2) is 0 Å². The van der Waals surface area contributed by atoms with Gasteiger partial charge in [0.25, 0.3) is 0 Å². The summed E-state index contributed by atoms with van der Waals surface area (Å²) in [5.74, 6) is -0.707. The van der Waals surface area contributed by atoms with E-state index < -0.39 is 28.2 Å². The van der Waals surface area contributed by atoms with Crippen molar-refractivity contribution in [2.24, 2.45) is 17.3 Å². The Kier molecular flexibility index (Phi) is 16.3. The normalized spacial score (nSPS) is 32.3. The minimum Gasteiger partial charge on any atom is -0.453 e. The second-order valence-corrected chi connectivity index (χ2v) is 18.0. The van der Waals surface area contributed by atoms with Crippen molar-refractivity contribution in [3.05, 3.63) is 36.0 Å². The number of carbonyl (C=O) groups excluding carboxylic acids is 3. The maximum atomic E-state index is 14.2. The number of carbonyl (C=O) groups is 3. The van der Waals surface area contributed by atoms with E-state index in [-0.39, 0.29) is 42.1 Å². The molecule has 0 saturated heterocycles. The highest BCUT2D eigenvalue weighted by molar-refractivity contribution is 5.88. The zero-order valence-corrected chi connectivity index (χ0v) is 35.7. The molecule has 0 radical (unpaired) electrons. The van der Waals surface area contributed by atoms with E-state index in [1.807, 2.05) is 13.0 Å². The SMILES string of the molecule is C=C(C)C(=O)OC1(CCC)CCC(/C=C(\C)C(=O)OC2(C(C)(C)CCOC3CCCCC3(OC(=O)C(=C)C)C3CCCCC3)CCCCC2OC)CC1OC. The van der Waals surface area contributed by atoms with Crippen LogP contribution in [0.1, 0.15) is 164 Å². The molecule has 0 bridgehead atoms. The number of hydrogen-bond donors (Lipinski definition) is 0. The van der Waals surface area contributed by atoms with E-state index >= 15 is 0 Å². The van der Waals surface area contributed by atoms with Crippen LogP contribution in [0.5, 0.6) is 0 Å². The maximum Gasteiger partial charge on any atom is 0.334 e. The van der Waals surface area contributed by atoms with Crippen LogP contribution in [-0.4, -0.2) is 73.8 Å². The first-order valence-electron chi connectivity index (χ1n) is 21.5. The second-order valence-electron chi connectivity index (χ2n) is 18.0. The first kappa shape index (κ1) is 45.2. The molecule has 0 heterocycles. The fraction of sp³-hybridized carbons (Fsp3) is 0.804. The van der Waals surface area contributed by atoms with Crippen LogP contribution in [-0.2, 0) is 42.8 Å². The van der Waals surface area contributed by atoms with Gasteiger partial charge in [0.05, 0.1) is 18.3 Å². The minimum absolute atomic E-state index is 0.0619. The largest absolute Gasteiger partial charge is 0.453 e. The Morgan fingerprint density at radius 3 is 1.93 bits per heavy atom. The molecule has 0 aliphatic heterocycles. The number of allylic oxidation sites excluding steroid dienone is 1. The Bertz CT molecular complexity index is 1380. The molecule has 55 heavy (non-hydrogen) atoms. The first-order valence-corrected chi connectivity index (χ1v) is 21.5.